The molecular formula is C21H17N5O. The molecule has 2 heterocycles. The molecule has 0 amide bonds. The summed E-state index contributed by atoms with van der Waals surface area (Å²) >= 11 is 0. The molecule has 0 aliphatic heterocycles. The van der Waals surface area contributed by atoms with Crippen LogP contribution in [0.25, 0.3) is 22.5 Å². The minimum absolute atomic E-state index is 0.224. The van der Waals surface area contributed by atoms with Gasteiger partial charge in [-0.25, -0.2) is 15.1 Å². The summed E-state index contributed by atoms with van der Waals surface area (Å²) in [6.45, 7) is 1.87. The highest BCUT2D eigenvalue weighted by Crippen LogP contribution is 2.24. The molecule has 2 aromatic carbocycles. The van der Waals surface area contributed by atoms with E-state index in [-0.39, 0.29) is 5.56 Å². The molecular weight excluding hydrogens is 338 g/mol. The number of aryl methyl sites for hydroxylation is 1. The first-order valence-electron chi connectivity index (χ1n) is 8.52. The Labute approximate surface area is 156 Å². The van der Waals surface area contributed by atoms with Gasteiger partial charge in [0, 0.05) is 28.9 Å². The SMILES string of the molecule is Cc1nc(Nc2cccc(-c3ccc(=O)[nH]n3)c2)cc(-c2ccccc2)n1. The molecule has 0 saturated heterocycles. The summed E-state index contributed by atoms with van der Waals surface area (Å²) < 4.78 is 0. The molecule has 4 rings (SSSR count). The van der Waals surface area contributed by atoms with Gasteiger partial charge in [-0.3, -0.25) is 4.79 Å². The summed E-state index contributed by atoms with van der Waals surface area (Å²) in [6, 6.07) is 22.9. The lowest BCUT2D eigenvalue weighted by atomic mass is 10.1. The number of rotatable bonds is 4. The third-order valence-corrected chi connectivity index (χ3v) is 4.02. The molecule has 0 spiro atoms. The predicted molar refractivity (Wildman–Crippen MR) is 106 cm³/mol. The van der Waals surface area contributed by atoms with Crippen LogP contribution < -0.4 is 10.9 Å². The molecule has 0 bridgehead atoms. The zero-order valence-corrected chi connectivity index (χ0v) is 14.7. The van der Waals surface area contributed by atoms with Gasteiger partial charge in [-0.2, -0.15) is 5.10 Å². The smallest absolute Gasteiger partial charge is 0.264 e. The van der Waals surface area contributed by atoms with Gasteiger partial charge in [0.15, 0.2) is 0 Å². The number of nitrogens with one attached hydrogen (secondary N) is 2. The van der Waals surface area contributed by atoms with E-state index in [4.69, 9.17) is 0 Å². The van der Waals surface area contributed by atoms with Crippen molar-refractivity contribution in [2.45, 2.75) is 6.92 Å². The van der Waals surface area contributed by atoms with Crippen LogP contribution in [-0.4, -0.2) is 20.2 Å². The molecule has 0 fully saturated rings. The molecule has 0 aliphatic rings. The Morgan fingerprint density at radius 2 is 1.63 bits per heavy atom. The van der Waals surface area contributed by atoms with Crippen LogP contribution in [0.3, 0.4) is 0 Å². The van der Waals surface area contributed by atoms with E-state index in [1.165, 1.54) is 6.07 Å². The Bertz CT molecular complexity index is 1120. The van der Waals surface area contributed by atoms with Crippen LogP contribution in [-0.2, 0) is 0 Å². The molecule has 0 saturated carbocycles. The fourth-order valence-corrected chi connectivity index (χ4v) is 2.80. The van der Waals surface area contributed by atoms with Gasteiger partial charge in [0.25, 0.3) is 5.56 Å². The van der Waals surface area contributed by atoms with E-state index in [0.29, 0.717) is 17.3 Å². The van der Waals surface area contributed by atoms with Crippen molar-refractivity contribution in [2.24, 2.45) is 0 Å². The maximum Gasteiger partial charge on any atom is 0.264 e. The fourth-order valence-electron chi connectivity index (χ4n) is 2.80. The minimum atomic E-state index is -0.224. The van der Waals surface area contributed by atoms with Crippen molar-refractivity contribution in [3.05, 3.63) is 89.0 Å². The monoisotopic (exact) mass is 355 g/mol. The highest BCUT2D eigenvalue weighted by atomic mass is 16.1. The Kier molecular flexibility index (Phi) is 4.45. The molecule has 0 unspecified atom stereocenters. The van der Waals surface area contributed by atoms with Crippen LogP contribution in [0.15, 0.2) is 77.6 Å². The van der Waals surface area contributed by atoms with Crippen molar-refractivity contribution in [1.29, 1.82) is 0 Å². The molecule has 0 atom stereocenters. The van der Waals surface area contributed by atoms with E-state index in [1.807, 2.05) is 67.6 Å². The molecule has 27 heavy (non-hydrogen) atoms. The first kappa shape index (κ1) is 16.7. The molecule has 0 aliphatic carbocycles. The number of benzene rings is 2. The lowest BCUT2D eigenvalue weighted by Crippen LogP contribution is -2.05. The number of aromatic amines is 1. The van der Waals surface area contributed by atoms with Gasteiger partial charge >= 0.3 is 0 Å². The van der Waals surface area contributed by atoms with Gasteiger partial charge < -0.3 is 5.32 Å². The normalized spacial score (nSPS) is 10.6. The second kappa shape index (κ2) is 7.21. The Balaban J connectivity index is 1.65. The molecule has 0 radical (unpaired) electrons. The second-order valence-corrected chi connectivity index (χ2v) is 6.06. The maximum atomic E-state index is 11.2. The van der Waals surface area contributed by atoms with Crippen molar-refractivity contribution >= 4 is 11.5 Å². The molecule has 6 nitrogen and oxygen atoms in total. The highest BCUT2D eigenvalue weighted by molar-refractivity contribution is 5.69. The summed E-state index contributed by atoms with van der Waals surface area (Å²) in [4.78, 5) is 20.2. The second-order valence-electron chi connectivity index (χ2n) is 6.06. The lowest BCUT2D eigenvalue weighted by Gasteiger charge is -2.10. The highest BCUT2D eigenvalue weighted by Gasteiger charge is 2.06. The van der Waals surface area contributed by atoms with Gasteiger partial charge in [-0.15, -0.1) is 0 Å². The van der Waals surface area contributed by atoms with Crippen LogP contribution in [0, 0.1) is 6.92 Å². The predicted octanol–water partition coefficient (Wildman–Crippen LogP) is 3.95. The van der Waals surface area contributed by atoms with Crippen LogP contribution in [0.1, 0.15) is 5.82 Å². The zero-order valence-electron chi connectivity index (χ0n) is 14.7. The number of nitrogens with zero attached hydrogens (tertiary/aromatic N) is 3. The van der Waals surface area contributed by atoms with Crippen molar-refractivity contribution < 1.29 is 0 Å². The van der Waals surface area contributed by atoms with E-state index in [1.54, 1.807) is 6.07 Å². The Hall–Kier alpha value is -3.80. The number of hydrogen-bond donors (Lipinski definition) is 2. The third kappa shape index (κ3) is 3.90. The summed E-state index contributed by atoms with van der Waals surface area (Å²) in [5.74, 6) is 1.41. The van der Waals surface area contributed by atoms with Gasteiger partial charge in [-0.05, 0) is 25.1 Å². The van der Waals surface area contributed by atoms with E-state index in [9.17, 15) is 4.79 Å². The quantitative estimate of drug-likeness (QED) is 0.579. The molecule has 2 N–H and O–H groups in total. The van der Waals surface area contributed by atoms with Crippen LogP contribution in [0.5, 0.6) is 0 Å². The maximum absolute atomic E-state index is 11.2. The molecule has 2 aromatic heterocycles. The largest absolute Gasteiger partial charge is 0.340 e. The topological polar surface area (TPSA) is 83.6 Å². The standard InChI is InChI=1S/C21H17N5O/c1-14-22-19(15-6-3-2-4-7-15)13-20(23-14)24-17-9-5-8-16(12-17)18-10-11-21(27)26-25-18/h2-13H,1H3,(H,26,27)(H,22,23,24). The number of hydrogen-bond acceptors (Lipinski definition) is 5. The van der Waals surface area contributed by atoms with Gasteiger partial charge in [-0.1, -0.05) is 42.5 Å². The van der Waals surface area contributed by atoms with E-state index in [2.05, 4.69) is 25.5 Å². The molecule has 132 valence electrons. The van der Waals surface area contributed by atoms with Crippen molar-refractivity contribution in [2.75, 3.05) is 5.32 Å². The molecule has 6 heteroatoms. The summed E-state index contributed by atoms with van der Waals surface area (Å²) in [5, 5.41) is 9.85. The van der Waals surface area contributed by atoms with Crippen molar-refractivity contribution in [1.82, 2.24) is 20.2 Å². The van der Waals surface area contributed by atoms with Crippen LogP contribution in [0.2, 0.25) is 0 Å². The average Bonchev–Trinajstić information content (AvgIpc) is 2.69. The lowest BCUT2D eigenvalue weighted by molar-refractivity contribution is 0.995. The van der Waals surface area contributed by atoms with E-state index in [0.717, 1.165) is 22.5 Å². The van der Waals surface area contributed by atoms with Crippen molar-refractivity contribution in [3.63, 3.8) is 0 Å². The summed E-state index contributed by atoms with van der Waals surface area (Å²) in [6.07, 6.45) is 0. The van der Waals surface area contributed by atoms with E-state index >= 15 is 0 Å². The van der Waals surface area contributed by atoms with E-state index < -0.39 is 0 Å². The molecule has 4 aromatic rings. The number of aromatic nitrogens is 4. The third-order valence-electron chi connectivity index (χ3n) is 4.02. The summed E-state index contributed by atoms with van der Waals surface area (Å²) in [5.41, 5.74) is 4.14. The number of anilines is 2. The number of H-pyrrole nitrogens is 1. The van der Waals surface area contributed by atoms with Gasteiger partial charge in [0.05, 0.1) is 11.4 Å². The van der Waals surface area contributed by atoms with Gasteiger partial charge in [0.2, 0.25) is 0 Å². The van der Waals surface area contributed by atoms with Crippen LogP contribution in [0.4, 0.5) is 11.5 Å². The summed E-state index contributed by atoms with van der Waals surface area (Å²) in [7, 11) is 0. The van der Waals surface area contributed by atoms with Gasteiger partial charge in [0.1, 0.15) is 11.6 Å². The van der Waals surface area contributed by atoms with Crippen LogP contribution >= 0.6 is 0 Å². The van der Waals surface area contributed by atoms with Crippen molar-refractivity contribution in [3.8, 4) is 22.5 Å². The first-order valence-corrected chi connectivity index (χ1v) is 8.52. The Morgan fingerprint density at radius 1 is 0.815 bits per heavy atom. The zero-order chi connectivity index (χ0) is 18.6. The average molecular weight is 355 g/mol. The fraction of sp³-hybridized carbons (Fsp3) is 0.0476. The first-order chi connectivity index (χ1) is 13.2. The Morgan fingerprint density at radius 3 is 2.41 bits per heavy atom. The minimum Gasteiger partial charge on any atom is -0.340 e.